The molecule has 0 spiro atoms. The fourth-order valence-electron chi connectivity index (χ4n) is 2.43. The standard InChI is InChI=1S/C15H17N3O2/c1-3-15(4-2,10-16)14(20)18-9-13(19)17-11-7-5-6-8-12(11)18/h5-8H,3-4,9H2,1-2H3,(H,17,19). The van der Waals surface area contributed by atoms with Gasteiger partial charge in [0.25, 0.3) is 0 Å². The zero-order valence-corrected chi connectivity index (χ0v) is 11.6. The third-order valence-corrected chi connectivity index (χ3v) is 3.85. The highest BCUT2D eigenvalue weighted by Crippen LogP contribution is 2.35. The number of nitriles is 1. The molecular weight excluding hydrogens is 254 g/mol. The van der Waals surface area contributed by atoms with Gasteiger partial charge < -0.3 is 5.32 Å². The van der Waals surface area contributed by atoms with Crippen LogP contribution >= 0.6 is 0 Å². The first-order chi connectivity index (χ1) is 9.57. The molecule has 1 aliphatic heterocycles. The van der Waals surface area contributed by atoms with Crippen molar-refractivity contribution >= 4 is 23.2 Å². The Labute approximate surface area is 118 Å². The van der Waals surface area contributed by atoms with Crippen molar-refractivity contribution in [3.8, 4) is 6.07 Å². The summed E-state index contributed by atoms with van der Waals surface area (Å²) in [6, 6.07) is 9.27. The molecule has 0 radical (unpaired) electrons. The lowest BCUT2D eigenvalue weighted by Crippen LogP contribution is -2.48. The highest BCUT2D eigenvalue weighted by atomic mass is 16.2. The van der Waals surface area contributed by atoms with Gasteiger partial charge in [0.2, 0.25) is 11.8 Å². The van der Waals surface area contributed by atoms with E-state index in [-0.39, 0.29) is 18.4 Å². The molecule has 1 aromatic rings. The third kappa shape index (κ3) is 2.14. The van der Waals surface area contributed by atoms with Crippen LogP contribution in [0.15, 0.2) is 24.3 Å². The zero-order valence-electron chi connectivity index (χ0n) is 11.6. The van der Waals surface area contributed by atoms with Gasteiger partial charge in [-0.05, 0) is 25.0 Å². The van der Waals surface area contributed by atoms with Crippen LogP contribution in [0.4, 0.5) is 11.4 Å². The summed E-state index contributed by atoms with van der Waals surface area (Å²) in [4.78, 5) is 25.9. The fourth-order valence-corrected chi connectivity index (χ4v) is 2.43. The number of carbonyl (C=O) groups excluding carboxylic acids is 2. The van der Waals surface area contributed by atoms with Crippen LogP contribution in [0.5, 0.6) is 0 Å². The summed E-state index contributed by atoms with van der Waals surface area (Å²) >= 11 is 0. The summed E-state index contributed by atoms with van der Waals surface area (Å²) in [5.74, 6) is -0.539. The van der Waals surface area contributed by atoms with Gasteiger partial charge in [-0.3, -0.25) is 14.5 Å². The Hall–Kier alpha value is -2.35. The van der Waals surface area contributed by atoms with Crippen LogP contribution in [-0.2, 0) is 9.59 Å². The molecule has 20 heavy (non-hydrogen) atoms. The van der Waals surface area contributed by atoms with Crippen molar-refractivity contribution < 1.29 is 9.59 Å². The van der Waals surface area contributed by atoms with Gasteiger partial charge >= 0.3 is 0 Å². The third-order valence-electron chi connectivity index (χ3n) is 3.85. The van der Waals surface area contributed by atoms with Gasteiger partial charge in [-0.1, -0.05) is 26.0 Å². The molecule has 2 amide bonds. The van der Waals surface area contributed by atoms with E-state index in [1.54, 1.807) is 18.2 Å². The van der Waals surface area contributed by atoms with Crippen molar-refractivity contribution in [1.82, 2.24) is 0 Å². The number of hydrogen-bond donors (Lipinski definition) is 1. The molecule has 5 heteroatoms. The first kappa shape index (κ1) is 14.1. The molecule has 0 atom stereocenters. The quantitative estimate of drug-likeness (QED) is 0.916. The second-order valence-corrected chi connectivity index (χ2v) is 4.86. The number of hydrogen-bond acceptors (Lipinski definition) is 3. The molecule has 0 bridgehead atoms. The van der Waals surface area contributed by atoms with Crippen molar-refractivity contribution in [3.05, 3.63) is 24.3 Å². The lowest BCUT2D eigenvalue weighted by Gasteiger charge is -2.34. The summed E-state index contributed by atoms with van der Waals surface area (Å²) in [5.41, 5.74) is 0.194. The molecule has 0 saturated carbocycles. The Morgan fingerprint density at radius 1 is 1.40 bits per heavy atom. The van der Waals surface area contributed by atoms with Crippen LogP contribution in [0.2, 0.25) is 0 Å². The summed E-state index contributed by atoms with van der Waals surface area (Å²) in [7, 11) is 0. The highest BCUT2D eigenvalue weighted by Gasteiger charge is 2.41. The molecule has 1 aliphatic rings. The Morgan fingerprint density at radius 2 is 2.05 bits per heavy atom. The number of fused-ring (bicyclic) bond motifs is 1. The van der Waals surface area contributed by atoms with E-state index in [2.05, 4.69) is 11.4 Å². The number of amides is 2. The molecule has 1 heterocycles. The molecule has 5 nitrogen and oxygen atoms in total. The van der Waals surface area contributed by atoms with Gasteiger partial charge in [0.05, 0.1) is 17.4 Å². The number of anilines is 2. The largest absolute Gasteiger partial charge is 0.323 e. The minimum absolute atomic E-state index is 0.0424. The van der Waals surface area contributed by atoms with Crippen molar-refractivity contribution in [2.45, 2.75) is 26.7 Å². The lowest BCUT2D eigenvalue weighted by atomic mass is 9.82. The van der Waals surface area contributed by atoms with Crippen LogP contribution < -0.4 is 10.2 Å². The molecular formula is C15H17N3O2. The SMILES string of the molecule is CCC(C#N)(CC)C(=O)N1CC(=O)Nc2ccccc21. The predicted octanol–water partition coefficient (Wildman–Crippen LogP) is 2.30. The molecule has 0 unspecified atom stereocenters. The van der Waals surface area contributed by atoms with Crippen LogP contribution in [0.3, 0.4) is 0 Å². The normalized spacial score (nSPS) is 14.2. The van der Waals surface area contributed by atoms with Crippen molar-refractivity contribution in [1.29, 1.82) is 5.26 Å². The first-order valence-electron chi connectivity index (χ1n) is 6.70. The summed E-state index contributed by atoms with van der Waals surface area (Å²) in [6.07, 6.45) is 0.859. The number of nitrogens with zero attached hydrogens (tertiary/aromatic N) is 2. The molecule has 1 aromatic carbocycles. The van der Waals surface area contributed by atoms with Crippen molar-refractivity contribution in [3.63, 3.8) is 0 Å². The average Bonchev–Trinajstić information content (AvgIpc) is 2.48. The molecule has 104 valence electrons. The van der Waals surface area contributed by atoms with Gasteiger partial charge in [0, 0.05) is 0 Å². The Kier molecular flexibility index (Phi) is 3.75. The van der Waals surface area contributed by atoms with Gasteiger partial charge in [-0.15, -0.1) is 0 Å². The van der Waals surface area contributed by atoms with Crippen LogP contribution in [-0.4, -0.2) is 18.4 Å². The van der Waals surface area contributed by atoms with Crippen molar-refractivity contribution in [2.75, 3.05) is 16.8 Å². The van der Waals surface area contributed by atoms with Crippen LogP contribution in [0.1, 0.15) is 26.7 Å². The molecule has 0 aliphatic carbocycles. The summed E-state index contributed by atoms with van der Waals surface area (Å²) < 4.78 is 0. The number of nitrogens with one attached hydrogen (secondary N) is 1. The molecule has 0 saturated heterocycles. The van der Waals surface area contributed by atoms with Crippen molar-refractivity contribution in [2.24, 2.45) is 5.41 Å². The monoisotopic (exact) mass is 271 g/mol. The molecule has 1 N–H and O–H groups in total. The second kappa shape index (κ2) is 5.33. The Bertz CT molecular complexity index is 585. The fraction of sp³-hybridized carbons (Fsp3) is 0.400. The number of para-hydroxylation sites is 2. The van der Waals surface area contributed by atoms with Crippen LogP contribution in [0, 0.1) is 16.7 Å². The lowest BCUT2D eigenvalue weighted by molar-refractivity contribution is -0.127. The van der Waals surface area contributed by atoms with Gasteiger partial charge in [0.1, 0.15) is 12.0 Å². The molecule has 0 fully saturated rings. The second-order valence-electron chi connectivity index (χ2n) is 4.86. The van der Waals surface area contributed by atoms with Gasteiger partial charge in [0.15, 0.2) is 0 Å². The maximum atomic E-state index is 12.7. The predicted molar refractivity (Wildman–Crippen MR) is 76.1 cm³/mol. The van der Waals surface area contributed by atoms with E-state index in [0.29, 0.717) is 24.2 Å². The van der Waals surface area contributed by atoms with E-state index in [1.807, 2.05) is 19.9 Å². The zero-order chi connectivity index (χ0) is 14.8. The van der Waals surface area contributed by atoms with E-state index >= 15 is 0 Å². The average molecular weight is 271 g/mol. The molecule has 0 aromatic heterocycles. The van der Waals surface area contributed by atoms with E-state index in [9.17, 15) is 14.9 Å². The minimum atomic E-state index is -1.06. The van der Waals surface area contributed by atoms with Crippen LogP contribution in [0.25, 0.3) is 0 Å². The van der Waals surface area contributed by atoms with E-state index in [0.717, 1.165) is 0 Å². The van der Waals surface area contributed by atoms with E-state index in [1.165, 1.54) is 4.90 Å². The minimum Gasteiger partial charge on any atom is -0.323 e. The smallest absolute Gasteiger partial charge is 0.247 e. The number of benzene rings is 1. The number of rotatable bonds is 3. The maximum Gasteiger partial charge on any atom is 0.247 e. The van der Waals surface area contributed by atoms with E-state index < -0.39 is 5.41 Å². The highest BCUT2D eigenvalue weighted by molar-refractivity contribution is 6.11. The first-order valence-corrected chi connectivity index (χ1v) is 6.70. The summed E-state index contributed by atoms with van der Waals surface area (Å²) in [6.45, 7) is 3.60. The maximum absolute atomic E-state index is 12.7. The Balaban J connectivity index is 2.46. The van der Waals surface area contributed by atoms with Gasteiger partial charge in [-0.25, -0.2) is 0 Å². The molecule has 2 rings (SSSR count). The Morgan fingerprint density at radius 3 is 2.65 bits per heavy atom. The summed E-state index contributed by atoms with van der Waals surface area (Å²) in [5, 5.41) is 12.1. The van der Waals surface area contributed by atoms with Gasteiger partial charge in [-0.2, -0.15) is 5.26 Å². The van der Waals surface area contributed by atoms with E-state index in [4.69, 9.17) is 0 Å². The topological polar surface area (TPSA) is 73.2 Å². The number of carbonyl (C=O) groups is 2.